The molecular formula is C23H28N2O4. The predicted octanol–water partition coefficient (Wildman–Crippen LogP) is 2.58. The Bertz CT molecular complexity index is 864. The van der Waals surface area contributed by atoms with E-state index in [2.05, 4.69) is 23.1 Å². The molecule has 1 fully saturated rings. The van der Waals surface area contributed by atoms with E-state index in [1.165, 1.54) is 11.1 Å². The molecule has 2 aliphatic heterocycles. The van der Waals surface area contributed by atoms with Crippen LogP contribution >= 0.6 is 0 Å². The van der Waals surface area contributed by atoms with Crippen molar-refractivity contribution in [2.45, 2.75) is 32.5 Å². The summed E-state index contributed by atoms with van der Waals surface area (Å²) < 4.78 is 11.0. The maximum Gasteiger partial charge on any atom is 0.240 e. The van der Waals surface area contributed by atoms with E-state index in [0.29, 0.717) is 51.6 Å². The van der Waals surface area contributed by atoms with Crippen molar-refractivity contribution < 1.29 is 19.4 Å². The number of aromatic hydroxyl groups is 1. The van der Waals surface area contributed by atoms with Gasteiger partial charge >= 0.3 is 0 Å². The zero-order valence-corrected chi connectivity index (χ0v) is 16.8. The van der Waals surface area contributed by atoms with Gasteiger partial charge in [0.15, 0.2) is 11.5 Å². The fraction of sp³-hybridized carbons (Fsp3) is 0.435. The second-order valence-electron chi connectivity index (χ2n) is 7.57. The Kier molecular flexibility index (Phi) is 6.02. The number of hydrogen-bond acceptors (Lipinski definition) is 5. The summed E-state index contributed by atoms with van der Waals surface area (Å²) in [6.07, 6.45) is 0.711. The van der Waals surface area contributed by atoms with Gasteiger partial charge in [0.25, 0.3) is 0 Å². The van der Waals surface area contributed by atoms with Crippen LogP contribution in [0.5, 0.6) is 11.5 Å². The van der Waals surface area contributed by atoms with Crippen molar-refractivity contribution >= 4 is 5.91 Å². The van der Waals surface area contributed by atoms with Crippen LogP contribution in [0, 0.1) is 0 Å². The molecule has 6 heteroatoms. The lowest BCUT2D eigenvalue weighted by atomic mass is 9.92. The third-order valence-corrected chi connectivity index (χ3v) is 5.66. The zero-order chi connectivity index (χ0) is 20.2. The van der Waals surface area contributed by atoms with Gasteiger partial charge in [0.1, 0.15) is 0 Å². The fourth-order valence-corrected chi connectivity index (χ4v) is 4.14. The molecule has 0 radical (unpaired) electrons. The first-order chi connectivity index (χ1) is 14.2. The standard InChI is InChI=1S/C23H28N2O4/c1-2-29-22-13-17(7-8-21(22)26)15-25-16-19-6-4-3-5-18(19)14-20(25)23(27)24-9-11-28-12-10-24/h3-8,13,20,26H,2,9-12,14-16H2,1H3. The summed E-state index contributed by atoms with van der Waals surface area (Å²) in [6, 6.07) is 13.6. The van der Waals surface area contributed by atoms with Gasteiger partial charge < -0.3 is 19.5 Å². The lowest BCUT2D eigenvalue weighted by Crippen LogP contribution is -2.53. The Morgan fingerprint density at radius 1 is 1.17 bits per heavy atom. The number of benzene rings is 2. The number of nitrogens with zero attached hydrogens (tertiary/aromatic N) is 2. The number of hydrogen-bond donors (Lipinski definition) is 1. The van der Waals surface area contributed by atoms with Crippen molar-refractivity contribution in [3.63, 3.8) is 0 Å². The van der Waals surface area contributed by atoms with E-state index >= 15 is 0 Å². The molecule has 2 aromatic rings. The van der Waals surface area contributed by atoms with Crippen LogP contribution in [0.25, 0.3) is 0 Å². The molecule has 2 aromatic carbocycles. The highest BCUT2D eigenvalue weighted by atomic mass is 16.5. The van der Waals surface area contributed by atoms with E-state index < -0.39 is 0 Å². The first kappa shape index (κ1) is 19.7. The molecule has 0 saturated carbocycles. The molecule has 0 aliphatic carbocycles. The van der Waals surface area contributed by atoms with Crippen molar-refractivity contribution in [1.29, 1.82) is 0 Å². The molecule has 0 bridgehead atoms. The minimum atomic E-state index is -0.202. The monoisotopic (exact) mass is 396 g/mol. The highest BCUT2D eigenvalue weighted by Crippen LogP contribution is 2.30. The molecule has 1 saturated heterocycles. The quantitative estimate of drug-likeness (QED) is 0.842. The topological polar surface area (TPSA) is 62.2 Å². The molecule has 6 nitrogen and oxygen atoms in total. The minimum absolute atomic E-state index is 0.139. The van der Waals surface area contributed by atoms with Crippen molar-refractivity contribution in [1.82, 2.24) is 9.80 Å². The molecular weight excluding hydrogens is 368 g/mol. The SMILES string of the molecule is CCOc1cc(CN2Cc3ccccc3CC2C(=O)N2CCOCC2)ccc1O. The number of ether oxygens (including phenoxy) is 2. The van der Waals surface area contributed by atoms with Crippen LogP contribution in [0.15, 0.2) is 42.5 Å². The highest BCUT2D eigenvalue weighted by molar-refractivity contribution is 5.82. The average Bonchev–Trinajstić information content (AvgIpc) is 2.76. The number of morpholine rings is 1. The Labute approximate surface area is 171 Å². The van der Waals surface area contributed by atoms with Crippen LogP contribution in [0.1, 0.15) is 23.6 Å². The Balaban J connectivity index is 1.59. The zero-order valence-electron chi connectivity index (χ0n) is 16.8. The Hall–Kier alpha value is -2.57. The lowest BCUT2D eigenvalue weighted by molar-refractivity contribution is -0.142. The van der Waals surface area contributed by atoms with E-state index in [9.17, 15) is 9.90 Å². The molecule has 1 amide bonds. The summed E-state index contributed by atoms with van der Waals surface area (Å²) in [5, 5.41) is 10.0. The van der Waals surface area contributed by atoms with Crippen LogP contribution in [0.2, 0.25) is 0 Å². The highest BCUT2D eigenvalue weighted by Gasteiger charge is 2.34. The van der Waals surface area contributed by atoms with Crippen molar-refractivity contribution in [2.24, 2.45) is 0 Å². The number of fused-ring (bicyclic) bond motifs is 1. The van der Waals surface area contributed by atoms with Crippen LogP contribution in [0.3, 0.4) is 0 Å². The molecule has 154 valence electrons. The van der Waals surface area contributed by atoms with Gasteiger partial charge in [-0.3, -0.25) is 9.69 Å². The third kappa shape index (κ3) is 4.38. The number of amides is 1. The van der Waals surface area contributed by atoms with Gasteiger partial charge in [-0.05, 0) is 42.2 Å². The summed E-state index contributed by atoms with van der Waals surface area (Å²) >= 11 is 0. The van der Waals surface area contributed by atoms with E-state index in [4.69, 9.17) is 9.47 Å². The molecule has 1 N–H and O–H groups in total. The van der Waals surface area contributed by atoms with E-state index in [1.807, 2.05) is 30.0 Å². The molecule has 1 unspecified atom stereocenters. The average molecular weight is 396 g/mol. The van der Waals surface area contributed by atoms with Crippen LogP contribution in [-0.2, 0) is 29.0 Å². The summed E-state index contributed by atoms with van der Waals surface area (Å²) in [6.45, 7) is 6.24. The number of carbonyl (C=O) groups excluding carboxylic acids is 1. The number of carbonyl (C=O) groups is 1. The summed E-state index contributed by atoms with van der Waals surface area (Å²) in [5.41, 5.74) is 3.53. The van der Waals surface area contributed by atoms with Gasteiger partial charge in [0, 0.05) is 26.2 Å². The largest absolute Gasteiger partial charge is 0.504 e. The molecule has 29 heavy (non-hydrogen) atoms. The third-order valence-electron chi connectivity index (χ3n) is 5.66. The second kappa shape index (κ2) is 8.84. The van der Waals surface area contributed by atoms with Gasteiger partial charge in [0.05, 0.1) is 25.9 Å². The molecule has 4 rings (SSSR count). The first-order valence-corrected chi connectivity index (χ1v) is 10.3. The van der Waals surface area contributed by atoms with Crippen LogP contribution in [0.4, 0.5) is 0 Å². The summed E-state index contributed by atoms with van der Waals surface area (Å²) in [5.74, 6) is 0.797. The normalized spacial score (nSPS) is 19.6. The van der Waals surface area contributed by atoms with Gasteiger partial charge in [-0.15, -0.1) is 0 Å². The van der Waals surface area contributed by atoms with Crippen molar-refractivity contribution in [2.75, 3.05) is 32.9 Å². The molecule has 2 heterocycles. The molecule has 0 aromatic heterocycles. The van der Waals surface area contributed by atoms with Crippen molar-refractivity contribution in [3.05, 3.63) is 59.2 Å². The van der Waals surface area contributed by atoms with E-state index in [1.54, 1.807) is 6.07 Å². The van der Waals surface area contributed by atoms with Crippen LogP contribution < -0.4 is 4.74 Å². The smallest absolute Gasteiger partial charge is 0.240 e. The van der Waals surface area contributed by atoms with Gasteiger partial charge in [0.2, 0.25) is 5.91 Å². The number of rotatable bonds is 5. The van der Waals surface area contributed by atoms with Crippen molar-refractivity contribution in [3.8, 4) is 11.5 Å². The summed E-state index contributed by atoms with van der Waals surface area (Å²) in [4.78, 5) is 17.5. The predicted molar refractivity (Wildman–Crippen MR) is 110 cm³/mol. The Morgan fingerprint density at radius 3 is 2.69 bits per heavy atom. The van der Waals surface area contributed by atoms with E-state index in [-0.39, 0.29) is 17.7 Å². The maximum absolute atomic E-state index is 13.4. The maximum atomic E-state index is 13.4. The molecule has 0 spiro atoms. The fourth-order valence-electron chi connectivity index (χ4n) is 4.14. The summed E-state index contributed by atoms with van der Waals surface area (Å²) in [7, 11) is 0. The van der Waals surface area contributed by atoms with Gasteiger partial charge in [-0.2, -0.15) is 0 Å². The lowest BCUT2D eigenvalue weighted by Gasteiger charge is -2.39. The Morgan fingerprint density at radius 2 is 1.93 bits per heavy atom. The van der Waals surface area contributed by atoms with Gasteiger partial charge in [-0.1, -0.05) is 30.3 Å². The number of phenolic OH excluding ortho intramolecular Hbond substituents is 1. The van der Waals surface area contributed by atoms with E-state index in [0.717, 1.165) is 12.1 Å². The second-order valence-corrected chi connectivity index (χ2v) is 7.57. The first-order valence-electron chi connectivity index (χ1n) is 10.3. The molecule has 2 aliphatic rings. The van der Waals surface area contributed by atoms with Gasteiger partial charge in [-0.25, -0.2) is 0 Å². The number of phenols is 1. The molecule has 1 atom stereocenters. The van der Waals surface area contributed by atoms with Crippen LogP contribution in [-0.4, -0.2) is 59.8 Å². The minimum Gasteiger partial charge on any atom is -0.504 e.